The maximum absolute atomic E-state index is 13.5. The molecule has 134 valence electrons. The number of anilines is 1. The zero-order valence-electron chi connectivity index (χ0n) is 12.9. The molecule has 0 fully saturated rings. The number of hydrogen-bond donors (Lipinski definition) is 1. The van der Waals surface area contributed by atoms with Crippen LogP contribution in [0.5, 0.6) is 5.75 Å². The fourth-order valence-corrected chi connectivity index (χ4v) is 2.25. The fourth-order valence-electron chi connectivity index (χ4n) is 2.12. The second-order valence-electron chi connectivity index (χ2n) is 4.99. The van der Waals surface area contributed by atoms with Gasteiger partial charge in [-0.05, 0) is 36.4 Å². The molecule has 26 heavy (non-hydrogen) atoms. The summed E-state index contributed by atoms with van der Waals surface area (Å²) in [4.78, 5) is 15.6. The molecule has 1 N–H and O–H groups in total. The number of hydrogen-bond acceptors (Lipinski definition) is 4. The normalized spacial score (nSPS) is 11.2. The molecule has 1 aromatic carbocycles. The van der Waals surface area contributed by atoms with Crippen LogP contribution < -0.4 is 10.1 Å². The lowest BCUT2D eigenvalue weighted by atomic mass is 10.3. The predicted molar refractivity (Wildman–Crippen MR) is 87.5 cm³/mol. The van der Waals surface area contributed by atoms with Gasteiger partial charge in [0.05, 0.1) is 11.9 Å². The standard InChI is InChI=1S/C16H10ClF3N4O2/c17-10-1-3-12(4-2-10)24-14(16(18,19)20)13(9-22-24)26-15(25)23-11-5-7-21-8-6-11/h1-9H,(H,21,23,25). The number of aromatic nitrogens is 3. The van der Waals surface area contributed by atoms with Crippen molar-refractivity contribution in [2.24, 2.45) is 0 Å². The molecule has 0 aliphatic carbocycles. The van der Waals surface area contributed by atoms with Gasteiger partial charge in [-0.1, -0.05) is 11.6 Å². The SMILES string of the molecule is O=C(Nc1ccncc1)Oc1cnn(-c2ccc(Cl)cc2)c1C(F)(F)F. The van der Waals surface area contributed by atoms with E-state index in [-0.39, 0.29) is 5.69 Å². The van der Waals surface area contributed by atoms with Gasteiger partial charge < -0.3 is 4.74 Å². The van der Waals surface area contributed by atoms with Crippen LogP contribution in [0.15, 0.2) is 55.0 Å². The summed E-state index contributed by atoms with van der Waals surface area (Å²) in [6, 6.07) is 8.51. The quantitative estimate of drug-likeness (QED) is 0.721. The minimum absolute atomic E-state index is 0.117. The number of halogens is 4. The summed E-state index contributed by atoms with van der Waals surface area (Å²) in [5, 5.41) is 6.35. The molecule has 0 saturated carbocycles. The van der Waals surface area contributed by atoms with Gasteiger partial charge in [-0.2, -0.15) is 18.3 Å². The van der Waals surface area contributed by atoms with Crippen LogP contribution >= 0.6 is 11.6 Å². The first-order valence-corrected chi connectivity index (χ1v) is 7.52. The van der Waals surface area contributed by atoms with Crippen molar-refractivity contribution >= 4 is 23.4 Å². The first-order chi connectivity index (χ1) is 12.3. The Morgan fingerprint density at radius 3 is 2.38 bits per heavy atom. The third-order valence-corrected chi connectivity index (χ3v) is 3.46. The van der Waals surface area contributed by atoms with Crippen molar-refractivity contribution in [3.8, 4) is 11.4 Å². The van der Waals surface area contributed by atoms with E-state index in [1.54, 1.807) is 0 Å². The topological polar surface area (TPSA) is 69.0 Å². The minimum atomic E-state index is -4.80. The first kappa shape index (κ1) is 17.7. The van der Waals surface area contributed by atoms with Gasteiger partial charge in [-0.25, -0.2) is 9.48 Å². The van der Waals surface area contributed by atoms with Gasteiger partial charge in [0.1, 0.15) is 0 Å². The predicted octanol–water partition coefficient (Wildman–Crippen LogP) is 4.55. The molecule has 10 heteroatoms. The molecule has 2 aromatic heterocycles. The Labute approximate surface area is 150 Å². The Morgan fingerprint density at radius 2 is 1.77 bits per heavy atom. The molecule has 0 saturated heterocycles. The van der Waals surface area contributed by atoms with Crippen LogP contribution in [-0.4, -0.2) is 20.9 Å². The third kappa shape index (κ3) is 3.94. The fraction of sp³-hybridized carbons (Fsp3) is 0.0625. The summed E-state index contributed by atoms with van der Waals surface area (Å²) < 4.78 is 45.9. The lowest BCUT2D eigenvalue weighted by molar-refractivity contribution is -0.143. The van der Waals surface area contributed by atoms with Gasteiger partial charge in [-0.3, -0.25) is 10.3 Å². The van der Waals surface area contributed by atoms with Gasteiger partial charge in [0.2, 0.25) is 0 Å². The van der Waals surface area contributed by atoms with Gasteiger partial charge in [0, 0.05) is 23.1 Å². The summed E-state index contributed by atoms with van der Waals surface area (Å²) in [5.41, 5.74) is -0.778. The number of benzene rings is 1. The summed E-state index contributed by atoms with van der Waals surface area (Å²) >= 11 is 5.75. The van der Waals surface area contributed by atoms with E-state index in [1.807, 2.05) is 0 Å². The molecule has 0 atom stereocenters. The van der Waals surface area contributed by atoms with Crippen LogP contribution in [0.2, 0.25) is 5.02 Å². The summed E-state index contributed by atoms with van der Waals surface area (Å²) in [6.45, 7) is 0. The summed E-state index contributed by atoms with van der Waals surface area (Å²) in [6.07, 6.45) is -2.24. The van der Waals surface area contributed by atoms with Crippen molar-refractivity contribution in [1.82, 2.24) is 14.8 Å². The number of pyridine rings is 1. The second kappa shape index (κ2) is 7.04. The Kier molecular flexibility index (Phi) is 4.81. The van der Waals surface area contributed by atoms with E-state index < -0.39 is 23.7 Å². The van der Waals surface area contributed by atoms with E-state index in [2.05, 4.69) is 15.4 Å². The van der Waals surface area contributed by atoms with Gasteiger partial charge >= 0.3 is 12.3 Å². The zero-order chi connectivity index (χ0) is 18.7. The molecule has 0 bridgehead atoms. The lowest BCUT2D eigenvalue weighted by Crippen LogP contribution is -2.20. The Bertz CT molecular complexity index is 911. The lowest BCUT2D eigenvalue weighted by Gasteiger charge is -2.13. The maximum atomic E-state index is 13.5. The van der Waals surface area contributed by atoms with Crippen LogP contribution in [0.3, 0.4) is 0 Å². The van der Waals surface area contributed by atoms with Crippen LogP contribution in [0, 0.1) is 0 Å². The molecule has 0 spiro atoms. The molecule has 3 aromatic rings. The molecule has 1 amide bonds. The van der Waals surface area contributed by atoms with E-state index >= 15 is 0 Å². The van der Waals surface area contributed by atoms with E-state index in [0.29, 0.717) is 15.4 Å². The van der Waals surface area contributed by atoms with Crippen molar-refractivity contribution < 1.29 is 22.7 Å². The number of rotatable bonds is 3. The zero-order valence-corrected chi connectivity index (χ0v) is 13.6. The largest absolute Gasteiger partial charge is 0.437 e. The summed E-state index contributed by atoms with van der Waals surface area (Å²) in [5.74, 6) is -0.723. The van der Waals surface area contributed by atoms with E-state index in [0.717, 1.165) is 6.20 Å². The molecule has 3 rings (SSSR count). The molecular weight excluding hydrogens is 373 g/mol. The molecule has 0 aliphatic heterocycles. The van der Waals surface area contributed by atoms with Gasteiger partial charge in [0.15, 0.2) is 11.4 Å². The van der Waals surface area contributed by atoms with E-state index in [9.17, 15) is 18.0 Å². The van der Waals surface area contributed by atoms with Crippen molar-refractivity contribution in [3.63, 3.8) is 0 Å². The highest BCUT2D eigenvalue weighted by Gasteiger charge is 2.40. The average Bonchev–Trinajstić information content (AvgIpc) is 3.00. The molecule has 0 aliphatic rings. The molecule has 2 heterocycles. The molecular formula is C16H10ClF3N4O2. The van der Waals surface area contributed by atoms with Crippen molar-refractivity contribution in [2.45, 2.75) is 6.18 Å². The van der Waals surface area contributed by atoms with Crippen LogP contribution in [0.1, 0.15) is 5.69 Å². The monoisotopic (exact) mass is 382 g/mol. The second-order valence-corrected chi connectivity index (χ2v) is 5.43. The number of amides is 1. The summed E-state index contributed by atoms with van der Waals surface area (Å²) in [7, 11) is 0. The number of carbonyl (C=O) groups is 1. The molecule has 0 unspecified atom stereocenters. The smallest absolute Gasteiger partial charge is 0.406 e. The van der Waals surface area contributed by atoms with Gasteiger partial charge in [-0.15, -0.1) is 0 Å². The first-order valence-electron chi connectivity index (χ1n) is 7.14. The van der Waals surface area contributed by atoms with E-state index in [4.69, 9.17) is 16.3 Å². The highest BCUT2D eigenvalue weighted by Crippen LogP contribution is 2.37. The Balaban J connectivity index is 1.90. The number of nitrogens with one attached hydrogen (secondary N) is 1. The average molecular weight is 383 g/mol. The van der Waals surface area contributed by atoms with Crippen LogP contribution in [0.25, 0.3) is 5.69 Å². The third-order valence-electron chi connectivity index (χ3n) is 3.20. The maximum Gasteiger partial charge on any atom is 0.437 e. The number of alkyl halides is 3. The number of carbonyl (C=O) groups excluding carboxylic acids is 1. The Hall–Kier alpha value is -3.07. The van der Waals surface area contributed by atoms with E-state index in [1.165, 1.54) is 48.8 Å². The Morgan fingerprint density at radius 1 is 1.12 bits per heavy atom. The van der Waals surface area contributed by atoms with Crippen molar-refractivity contribution in [1.29, 1.82) is 0 Å². The highest BCUT2D eigenvalue weighted by molar-refractivity contribution is 6.30. The van der Waals surface area contributed by atoms with Crippen LogP contribution in [0.4, 0.5) is 23.7 Å². The minimum Gasteiger partial charge on any atom is -0.406 e. The van der Waals surface area contributed by atoms with Gasteiger partial charge in [0.25, 0.3) is 0 Å². The molecule has 0 radical (unpaired) electrons. The van der Waals surface area contributed by atoms with Crippen molar-refractivity contribution in [2.75, 3.05) is 5.32 Å². The molecule has 6 nitrogen and oxygen atoms in total. The van der Waals surface area contributed by atoms with Crippen LogP contribution in [-0.2, 0) is 6.18 Å². The number of ether oxygens (including phenoxy) is 1. The van der Waals surface area contributed by atoms with Crippen molar-refractivity contribution in [3.05, 3.63) is 65.7 Å². The number of nitrogens with zero attached hydrogens (tertiary/aromatic N) is 3. The highest BCUT2D eigenvalue weighted by atomic mass is 35.5.